The summed E-state index contributed by atoms with van der Waals surface area (Å²) in [5, 5.41) is 0. The van der Waals surface area contributed by atoms with E-state index in [1.54, 1.807) is 0 Å². The summed E-state index contributed by atoms with van der Waals surface area (Å²) < 4.78 is 0. The first-order chi connectivity index (χ1) is 6.34. The van der Waals surface area contributed by atoms with Gasteiger partial charge in [0.2, 0.25) is 0 Å². The number of rotatable bonds is 1. The molecule has 0 spiro atoms. The number of carbonyl (C=O) groups excluding carboxylic acids is 1. The van der Waals surface area contributed by atoms with Gasteiger partial charge in [-0.2, -0.15) is 0 Å². The molecule has 1 nitrogen and oxygen atoms in total. The number of hydrogen-bond acceptors (Lipinski definition) is 1. The van der Waals surface area contributed by atoms with E-state index < -0.39 is 0 Å². The number of benzene rings is 1. The number of ketones is 1. The fraction of sp³-hybridized carbons (Fsp3) is 0.417. The van der Waals surface area contributed by atoms with Crippen molar-refractivity contribution >= 4 is 5.78 Å². The van der Waals surface area contributed by atoms with Gasteiger partial charge in [-0.1, -0.05) is 18.2 Å². The lowest BCUT2D eigenvalue weighted by atomic mass is 10.0. The Morgan fingerprint density at radius 2 is 2.00 bits per heavy atom. The van der Waals surface area contributed by atoms with Crippen molar-refractivity contribution in [2.24, 2.45) is 0 Å². The minimum Gasteiger partial charge on any atom is -0.294 e. The first-order valence-electron chi connectivity index (χ1n) is 5.00. The van der Waals surface area contributed by atoms with E-state index in [1.165, 1.54) is 24.0 Å². The van der Waals surface area contributed by atoms with Crippen LogP contribution in [-0.2, 0) is 6.42 Å². The second-order valence-electron chi connectivity index (χ2n) is 4.11. The third kappa shape index (κ3) is 1.11. The second kappa shape index (κ2) is 2.44. The van der Waals surface area contributed by atoms with Gasteiger partial charge in [0.05, 0.1) is 0 Å². The predicted molar refractivity (Wildman–Crippen MR) is 51.1 cm³/mol. The molecule has 0 heterocycles. The molecular weight excluding hydrogens is 160 g/mol. The zero-order chi connectivity index (χ0) is 8.84. The number of Topliss-reactive ketones (excluding diaryl/α,β-unsaturated/α-hetero) is 1. The molecule has 2 aliphatic rings. The van der Waals surface area contributed by atoms with E-state index >= 15 is 0 Å². The molecule has 0 atom stereocenters. The van der Waals surface area contributed by atoms with Gasteiger partial charge < -0.3 is 0 Å². The van der Waals surface area contributed by atoms with E-state index in [-0.39, 0.29) is 0 Å². The molecule has 1 aromatic rings. The van der Waals surface area contributed by atoms with Crippen molar-refractivity contribution in [3.05, 3.63) is 34.9 Å². The van der Waals surface area contributed by atoms with Gasteiger partial charge in [0.25, 0.3) is 0 Å². The minimum atomic E-state index is 0.331. The molecule has 0 radical (unpaired) electrons. The van der Waals surface area contributed by atoms with Gasteiger partial charge in [-0.25, -0.2) is 0 Å². The van der Waals surface area contributed by atoms with Crippen molar-refractivity contribution in [1.29, 1.82) is 0 Å². The summed E-state index contributed by atoms with van der Waals surface area (Å²) in [6, 6.07) is 6.41. The summed E-state index contributed by atoms with van der Waals surface area (Å²) in [7, 11) is 0. The molecule has 0 N–H and O–H groups in total. The summed E-state index contributed by atoms with van der Waals surface area (Å²) in [6.07, 6.45) is 4.37. The van der Waals surface area contributed by atoms with E-state index in [4.69, 9.17) is 0 Å². The molecular formula is C12H12O. The van der Waals surface area contributed by atoms with Crippen LogP contribution < -0.4 is 0 Å². The number of carbonyl (C=O) groups is 1. The highest BCUT2D eigenvalue weighted by molar-refractivity contribution is 6.00. The van der Waals surface area contributed by atoms with Crippen LogP contribution in [0.4, 0.5) is 0 Å². The fourth-order valence-corrected chi connectivity index (χ4v) is 2.15. The lowest BCUT2D eigenvalue weighted by Gasteiger charge is -2.01. The largest absolute Gasteiger partial charge is 0.294 e. The summed E-state index contributed by atoms with van der Waals surface area (Å²) in [5.74, 6) is 1.14. The van der Waals surface area contributed by atoms with Gasteiger partial charge in [-0.3, -0.25) is 4.79 Å². The maximum Gasteiger partial charge on any atom is 0.163 e. The normalized spacial score (nSPS) is 20.5. The Kier molecular flexibility index (Phi) is 1.37. The van der Waals surface area contributed by atoms with E-state index in [0.29, 0.717) is 5.78 Å². The smallest absolute Gasteiger partial charge is 0.163 e. The molecule has 0 aromatic heterocycles. The molecule has 0 unspecified atom stereocenters. The maximum absolute atomic E-state index is 11.4. The first kappa shape index (κ1) is 7.31. The van der Waals surface area contributed by atoms with Crippen molar-refractivity contribution in [1.82, 2.24) is 0 Å². The summed E-state index contributed by atoms with van der Waals surface area (Å²) in [4.78, 5) is 11.4. The second-order valence-corrected chi connectivity index (χ2v) is 4.11. The summed E-state index contributed by atoms with van der Waals surface area (Å²) >= 11 is 0. The molecule has 0 bridgehead atoms. The standard InChI is InChI=1S/C12H12O/c13-12-6-4-10-7-9(8-1-2-8)3-5-11(10)12/h3,5,7-8H,1-2,4,6H2. The third-order valence-corrected chi connectivity index (χ3v) is 3.10. The van der Waals surface area contributed by atoms with Crippen LogP contribution >= 0.6 is 0 Å². The highest BCUT2D eigenvalue weighted by Crippen LogP contribution is 2.41. The SMILES string of the molecule is O=C1CCc2cc(C3CC3)ccc21. The molecule has 3 rings (SSSR count). The Bertz CT molecular complexity index is 375. The molecule has 0 amide bonds. The van der Waals surface area contributed by atoms with Gasteiger partial charge >= 0.3 is 0 Å². The van der Waals surface area contributed by atoms with Gasteiger partial charge in [-0.15, -0.1) is 0 Å². The highest BCUT2D eigenvalue weighted by atomic mass is 16.1. The van der Waals surface area contributed by atoms with Crippen LogP contribution in [0.1, 0.15) is 46.7 Å². The van der Waals surface area contributed by atoms with Crippen molar-refractivity contribution in [3.8, 4) is 0 Å². The lowest BCUT2D eigenvalue weighted by Crippen LogP contribution is -1.91. The molecule has 13 heavy (non-hydrogen) atoms. The summed E-state index contributed by atoms with van der Waals surface area (Å²) in [5.41, 5.74) is 3.72. The fourth-order valence-electron chi connectivity index (χ4n) is 2.15. The number of aryl methyl sites for hydroxylation is 1. The molecule has 1 heteroatoms. The summed E-state index contributed by atoms with van der Waals surface area (Å²) in [6.45, 7) is 0. The third-order valence-electron chi connectivity index (χ3n) is 3.10. The average molecular weight is 172 g/mol. The van der Waals surface area contributed by atoms with Crippen molar-refractivity contribution in [2.45, 2.75) is 31.6 Å². The monoisotopic (exact) mass is 172 g/mol. The lowest BCUT2D eigenvalue weighted by molar-refractivity contribution is 0.0994. The molecule has 0 aliphatic heterocycles. The molecule has 2 aliphatic carbocycles. The minimum absolute atomic E-state index is 0.331. The maximum atomic E-state index is 11.4. The van der Waals surface area contributed by atoms with Crippen LogP contribution in [0.25, 0.3) is 0 Å². The zero-order valence-electron chi connectivity index (χ0n) is 7.55. The van der Waals surface area contributed by atoms with Gasteiger partial charge in [0.15, 0.2) is 5.78 Å². The van der Waals surface area contributed by atoms with Gasteiger partial charge in [-0.05, 0) is 36.3 Å². The molecule has 66 valence electrons. The van der Waals surface area contributed by atoms with E-state index in [9.17, 15) is 4.79 Å². The van der Waals surface area contributed by atoms with Crippen LogP contribution in [-0.4, -0.2) is 5.78 Å². The Hall–Kier alpha value is -1.11. The Balaban J connectivity index is 2.07. The van der Waals surface area contributed by atoms with Gasteiger partial charge in [0, 0.05) is 12.0 Å². The van der Waals surface area contributed by atoms with Crippen molar-refractivity contribution in [2.75, 3.05) is 0 Å². The molecule has 1 fully saturated rings. The average Bonchev–Trinajstić information content (AvgIpc) is 2.93. The Morgan fingerprint density at radius 1 is 1.15 bits per heavy atom. The predicted octanol–water partition coefficient (Wildman–Crippen LogP) is 2.69. The van der Waals surface area contributed by atoms with Crippen LogP contribution in [0, 0.1) is 0 Å². The molecule has 1 saturated carbocycles. The Labute approximate surface area is 77.8 Å². The van der Waals surface area contributed by atoms with Crippen LogP contribution in [0.15, 0.2) is 18.2 Å². The van der Waals surface area contributed by atoms with Crippen LogP contribution in [0.3, 0.4) is 0 Å². The van der Waals surface area contributed by atoms with Crippen molar-refractivity contribution < 1.29 is 4.79 Å². The van der Waals surface area contributed by atoms with Crippen LogP contribution in [0.5, 0.6) is 0 Å². The Morgan fingerprint density at radius 3 is 2.77 bits per heavy atom. The quantitative estimate of drug-likeness (QED) is 0.636. The van der Waals surface area contributed by atoms with E-state index in [1.807, 2.05) is 6.07 Å². The topological polar surface area (TPSA) is 17.1 Å². The van der Waals surface area contributed by atoms with Crippen molar-refractivity contribution in [3.63, 3.8) is 0 Å². The molecule has 0 saturated heterocycles. The van der Waals surface area contributed by atoms with Gasteiger partial charge in [0.1, 0.15) is 0 Å². The van der Waals surface area contributed by atoms with Crippen LogP contribution in [0.2, 0.25) is 0 Å². The number of fused-ring (bicyclic) bond motifs is 1. The zero-order valence-corrected chi connectivity index (χ0v) is 7.55. The highest BCUT2D eigenvalue weighted by Gasteiger charge is 2.26. The first-order valence-corrected chi connectivity index (χ1v) is 5.00. The van der Waals surface area contributed by atoms with E-state index in [0.717, 1.165) is 24.3 Å². The van der Waals surface area contributed by atoms with E-state index in [2.05, 4.69) is 12.1 Å². The number of hydrogen-bond donors (Lipinski definition) is 0. The molecule has 1 aromatic carbocycles.